The van der Waals surface area contributed by atoms with Crippen LogP contribution in [0.2, 0.25) is 5.02 Å². The van der Waals surface area contributed by atoms with E-state index in [-0.39, 0.29) is 40.2 Å². The minimum Gasteiger partial charge on any atom is -0.355 e. The Bertz CT molecular complexity index is 1460. The van der Waals surface area contributed by atoms with E-state index in [2.05, 4.69) is 58.7 Å². The number of pyridine rings is 1. The van der Waals surface area contributed by atoms with Crippen LogP contribution in [0.15, 0.2) is 36.5 Å². The number of nitrogens with zero attached hydrogens (tertiary/aromatic N) is 7. The lowest BCUT2D eigenvalue weighted by Gasteiger charge is -2.14. The number of amides is 2. The summed E-state index contributed by atoms with van der Waals surface area (Å²) in [6.07, 6.45) is -1.40. The highest BCUT2D eigenvalue weighted by Crippen LogP contribution is 2.26. The predicted octanol–water partition coefficient (Wildman–Crippen LogP) is 3.42. The SMILES string of the molecule is CNC(=O)c1cc(I)cc(C)c1NC(=O)c1cc(Cn2nnc(C(F)F)n2)nn1-c1ncccc1Cl. The van der Waals surface area contributed by atoms with Gasteiger partial charge in [0, 0.05) is 16.8 Å². The van der Waals surface area contributed by atoms with Gasteiger partial charge >= 0.3 is 6.43 Å². The Morgan fingerprint density at radius 3 is 2.64 bits per heavy atom. The number of carbonyl (C=O) groups excluding carboxylic acids is 2. The highest BCUT2D eigenvalue weighted by Gasteiger charge is 2.23. The summed E-state index contributed by atoms with van der Waals surface area (Å²) < 4.78 is 27.7. The molecule has 0 saturated carbocycles. The molecule has 186 valence electrons. The average Bonchev–Trinajstić information content (AvgIpc) is 3.48. The molecule has 0 spiro atoms. The molecule has 0 unspecified atom stereocenters. The quantitative estimate of drug-likeness (QED) is 0.300. The van der Waals surface area contributed by atoms with E-state index in [1.54, 1.807) is 25.1 Å². The van der Waals surface area contributed by atoms with E-state index in [0.29, 0.717) is 11.3 Å². The van der Waals surface area contributed by atoms with Crippen molar-refractivity contribution in [3.05, 3.63) is 73.5 Å². The van der Waals surface area contributed by atoms with E-state index in [0.717, 1.165) is 8.37 Å². The summed E-state index contributed by atoms with van der Waals surface area (Å²) in [5.41, 5.74) is 1.55. The van der Waals surface area contributed by atoms with Gasteiger partial charge in [0.2, 0.25) is 5.82 Å². The number of hydrogen-bond acceptors (Lipinski definition) is 7. The van der Waals surface area contributed by atoms with Gasteiger partial charge in [0.1, 0.15) is 12.2 Å². The number of alkyl halides is 2. The van der Waals surface area contributed by atoms with Crippen LogP contribution in [0.3, 0.4) is 0 Å². The van der Waals surface area contributed by atoms with Gasteiger partial charge in [-0.05, 0) is 70.6 Å². The minimum absolute atomic E-state index is 0.0283. The fraction of sp³-hybridized carbons (Fsp3) is 0.190. The third kappa shape index (κ3) is 5.33. The summed E-state index contributed by atoms with van der Waals surface area (Å²) in [6, 6.07) is 8.09. The first kappa shape index (κ1) is 25.6. The summed E-state index contributed by atoms with van der Waals surface area (Å²) in [7, 11) is 1.49. The van der Waals surface area contributed by atoms with Crippen LogP contribution in [0.25, 0.3) is 5.82 Å². The Morgan fingerprint density at radius 1 is 1.19 bits per heavy atom. The molecular formula is C21H17ClF2IN9O2. The Balaban J connectivity index is 1.75. The molecule has 0 aliphatic rings. The maximum Gasteiger partial charge on any atom is 0.301 e. The molecule has 0 saturated heterocycles. The van der Waals surface area contributed by atoms with E-state index in [1.165, 1.54) is 24.0 Å². The number of carbonyl (C=O) groups is 2. The van der Waals surface area contributed by atoms with Gasteiger partial charge in [-0.3, -0.25) is 9.59 Å². The van der Waals surface area contributed by atoms with Gasteiger partial charge in [0.15, 0.2) is 5.82 Å². The number of benzene rings is 1. The Hall–Kier alpha value is -3.53. The number of nitrogens with one attached hydrogen (secondary N) is 2. The summed E-state index contributed by atoms with van der Waals surface area (Å²) in [4.78, 5) is 31.1. The molecule has 0 aliphatic carbocycles. The predicted molar refractivity (Wildman–Crippen MR) is 133 cm³/mol. The second-order valence-electron chi connectivity index (χ2n) is 7.40. The largest absolute Gasteiger partial charge is 0.355 e. The highest BCUT2D eigenvalue weighted by atomic mass is 127. The van der Waals surface area contributed by atoms with Gasteiger partial charge < -0.3 is 10.6 Å². The van der Waals surface area contributed by atoms with Crippen LogP contribution >= 0.6 is 34.2 Å². The molecule has 15 heteroatoms. The van der Waals surface area contributed by atoms with Crippen LogP contribution in [-0.2, 0) is 6.54 Å². The average molecular weight is 628 g/mol. The fourth-order valence-electron chi connectivity index (χ4n) is 3.32. The monoisotopic (exact) mass is 627 g/mol. The van der Waals surface area contributed by atoms with E-state index in [9.17, 15) is 18.4 Å². The van der Waals surface area contributed by atoms with Crippen molar-refractivity contribution in [1.82, 2.24) is 40.3 Å². The molecule has 0 fully saturated rings. The molecule has 0 bridgehead atoms. The number of hydrogen-bond donors (Lipinski definition) is 2. The minimum atomic E-state index is -2.88. The molecule has 4 rings (SSSR count). The van der Waals surface area contributed by atoms with Crippen LogP contribution in [-0.4, -0.2) is 53.8 Å². The van der Waals surface area contributed by atoms with Crippen LogP contribution in [0.1, 0.15) is 44.4 Å². The topological polar surface area (TPSA) is 133 Å². The zero-order chi connectivity index (χ0) is 26.0. The summed E-state index contributed by atoms with van der Waals surface area (Å²) >= 11 is 8.38. The summed E-state index contributed by atoms with van der Waals surface area (Å²) in [5, 5.41) is 20.4. The lowest BCUT2D eigenvalue weighted by atomic mass is 10.1. The van der Waals surface area contributed by atoms with Crippen LogP contribution < -0.4 is 10.6 Å². The molecule has 0 atom stereocenters. The van der Waals surface area contributed by atoms with Crippen molar-refractivity contribution in [1.29, 1.82) is 0 Å². The number of halogens is 4. The standard InChI is InChI=1S/C21H17ClF2IN9O2/c1-10-6-11(25)7-13(20(35)26-2)16(10)28-21(36)15-8-12(9-33-31-18(17(23)24)29-32-33)30-34(15)19-14(22)4-3-5-27-19/h3-8,17H,9H2,1-2H3,(H,26,35)(H,28,36). The van der Waals surface area contributed by atoms with Gasteiger partial charge in [-0.2, -0.15) is 9.90 Å². The lowest BCUT2D eigenvalue weighted by Crippen LogP contribution is -2.23. The molecule has 3 aromatic heterocycles. The lowest BCUT2D eigenvalue weighted by molar-refractivity contribution is 0.0963. The molecular weight excluding hydrogens is 611 g/mol. The Labute approximate surface area is 221 Å². The van der Waals surface area contributed by atoms with Crippen LogP contribution in [0.5, 0.6) is 0 Å². The maximum atomic E-state index is 13.5. The van der Waals surface area contributed by atoms with Gasteiger partial charge in [-0.25, -0.2) is 18.4 Å². The molecule has 1 aromatic carbocycles. The van der Waals surface area contributed by atoms with Gasteiger partial charge in [0.05, 0.1) is 22.0 Å². The second-order valence-corrected chi connectivity index (χ2v) is 9.05. The second kappa shape index (κ2) is 10.6. The van der Waals surface area contributed by atoms with E-state index in [4.69, 9.17) is 11.6 Å². The van der Waals surface area contributed by atoms with Crippen molar-refractivity contribution < 1.29 is 18.4 Å². The first-order valence-electron chi connectivity index (χ1n) is 10.3. The van der Waals surface area contributed by atoms with Crippen molar-refractivity contribution in [2.45, 2.75) is 19.9 Å². The van der Waals surface area contributed by atoms with Crippen molar-refractivity contribution in [3.63, 3.8) is 0 Å². The Morgan fingerprint density at radius 2 is 1.97 bits per heavy atom. The van der Waals surface area contributed by atoms with E-state index >= 15 is 0 Å². The van der Waals surface area contributed by atoms with Crippen molar-refractivity contribution in [2.75, 3.05) is 12.4 Å². The molecule has 0 aliphatic heterocycles. The highest BCUT2D eigenvalue weighted by molar-refractivity contribution is 14.1. The number of aromatic nitrogens is 7. The number of anilines is 1. The van der Waals surface area contributed by atoms with Gasteiger partial charge in [-0.15, -0.1) is 10.2 Å². The summed E-state index contributed by atoms with van der Waals surface area (Å²) in [6.45, 7) is 1.61. The smallest absolute Gasteiger partial charge is 0.301 e. The number of aryl methyl sites for hydroxylation is 1. The molecule has 2 amide bonds. The molecule has 36 heavy (non-hydrogen) atoms. The number of rotatable bonds is 7. The van der Waals surface area contributed by atoms with E-state index < -0.39 is 18.2 Å². The van der Waals surface area contributed by atoms with Crippen LogP contribution in [0.4, 0.5) is 14.5 Å². The molecule has 4 aromatic rings. The first-order chi connectivity index (χ1) is 17.2. The van der Waals surface area contributed by atoms with Crippen molar-refractivity contribution >= 4 is 51.7 Å². The third-order valence-corrected chi connectivity index (χ3v) is 5.83. The van der Waals surface area contributed by atoms with Gasteiger partial charge in [-0.1, -0.05) is 11.6 Å². The van der Waals surface area contributed by atoms with Crippen molar-refractivity contribution in [3.8, 4) is 5.82 Å². The van der Waals surface area contributed by atoms with Crippen LogP contribution in [0, 0.1) is 10.5 Å². The molecule has 3 heterocycles. The molecule has 0 radical (unpaired) electrons. The molecule has 2 N–H and O–H groups in total. The number of tetrazole rings is 1. The molecule has 11 nitrogen and oxygen atoms in total. The third-order valence-electron chi connectivity index (χ3n) is 4.91. The summed E-state index contributed by atoms with van der Waals surface area (Å²) in [5.74, 6) is -1.54. The van der Waals surface area contributed by atoms with Crippen molar-refractivity contribution in [2.24, 2.45) is 0 Å². The van der Waals surface area contributed by atoms with E-state index in [1.807, 2.05) is 6.07 Å². The Kier molecular flexibility index (Phi) is 7.53. The normalized spacial score (nSPS) is 11.1. The first-order valence-corrected chi connectivity index (χ1v) is 11.7. The maximum absolute atomic E-state index is 13.5. The fourth-order valence-corrected chi connectivity index (χ4v) is 4.30. The van der Waals surface area contributed by atoms with Gasteiger partial charge in [0.25, 0.3) is 11.8 Å². The zero-order valence-electron chi connectivity index (χ0n) is 18.7. The zero-order valence-corrected chi connectivity index (χ0v) is 21.6.